The Kier molecular flexibility index (Phi) is 4.97. The van der Waals surface area contributed by atoms with E-state index in [1.807, 2.05) is 53.4 Å². The molecular formula is C21H21N3O3S2. The number of benzene rings is 1. The summed E-state index contributed by atoms with van der Waals surface area (Å²) in [6, 6.07) is 12.1. The molecule has 8 heteroatoms. The summed E-state index contributed by atoms with van der Waals surface area (Å²) in [7, 11) is 1.84. The molecule has 1 atom stereocenters. The summed E-state index contributed by atoms with van der Waals surface area (Å²) in [6.45, 7) is 1.76. The highest BCUT2D eigenvalue weighted by Crippen LogP contribution is 2.40. The molecule has 5 rings (SSSR count). The van der Waals surface area contributed by atoms with Crippen molar-refractivity contribution in [2.75, 3.05) is 25.6 Å². The van der Waals surface area contributed by atoms with E-state index in [1.165, 1.54) is 5.56 Å². The Labute approximate surface area is 177 Å². The van der Waals surface area contributed by atoms with Gasteiger partial charge in [0.15, 0.2) is 11.5 Å². The number of ether oxygens (including phenoxy) is 2. The minimum absolute atomic E-state index is 0.0507. The lowest BCUT2D eigenvalue weighted by Gasteiger charge is -2.20. The van der Waals surface area contributed by atoms with E-state index >= 15 is 0 Å². The summed E-state index contributed by atoms with van der Waals surface area (Å²) in [5.41, 5.74) is 2.72. The Balaban J connectivity index is 1.30. The average molecular weight is 428 g/mol. The van der Waals surface area contributed by atoms with Crippen molar-refractivity contribution in [3.8, 4) is 22.1 Å². The zero-order valence-corrected chi connectivity index (χ0v) is 17.7. The van der Waals surface area contributed by atoms with Crippen molar-refractivity contribution in [3.05, 3.63) is 53.0 Å². The van der Waals surface area contributed by atoms with E-state index in [2.05, 4.69) is 17.2 Å². The molecule has 4 heterocycles. The standard InChI is InChI=1S/C21H21N3O3S2/c1-23-16(12-15(22-23)20-3-2-9-28-20)21(25)24-7-6-19(29-10-8-24)14-4-5-17-18(11-14)27-13-26-17/h2-5,9,11-12,19H,6-8,10,13H2,1H3. The number of thioether (sulfide) groups is 1. The number of aromatic nitrogens is 2. The Bertz CT molecular complexity index is 1030. The highest BCUT2D eigenvalue weighted by atomic mass is 32.2. The van der Waals surface area contributed by atoms with Crippen LogP contribution in [-0.4, -0.2) is 46.2 Å². The van der Waals surface area contributed by atoms with Gasteiger partial charge in [0.1, 0.15) is 11.4 Å². The van der Waals surface area contributed by atoms with Crippen LogP contribution in [0.1, 0.15) is 27.7 Å². The SMILES string of the molecule is Cn1nc(-c2cccs2)cc1C(=O)N1CCSC(c2ccc3c(c2)OCO3)CC1. The van der Waals surface area contributed by atoms with Crippen LogP contribution in [0.5, 0.6) is 11.5 Å². The Morgan fingerprint density at radius 2 is 2.07 bits per heavy atom. The minimum atomic E-state index is 0.0507. The molecule has 0 radical (unpaired) electrons. The molecule has 0 bridgehead atoms. The molecule has 1 aromatic carbocycles. The van der Waals surface area contributed by atoms with Gasteiger partial charge in [-0.15, -0.1) is 11.3 Å². The van der Waals surface area contributed by atoms with Gasteiger partial charge in [0.05, 0.1) is 4.88 Å². The van der Waals surface area contributed by atoms with Gasteiger partial charge in [-0.1, -0.05) is 12.1 Å². The maximum Gasteiger partial charge on any atom is 0.272 e. The van der Waals surface area contributed by atoms with E-state index in [4.69, 9.17) is 9.47 Å². The van der Waals surface area contributed by atoms with E-state index in [-0.39, 0.29) is 12.7 Å². The van der Waals surface area contributed by atoms with Gasteiger partial charge in [-0.3, -0.25) is 9.48 Å². The molecular weight excluding hydrogens is 406 g/mol. The lowest BCUT2D eigenvalue weighted by molar-refractivity contribution is 0.0755. The maximum atomic E-state index is 13.2. The molecule has 0 spiro atoms. The number of thiophene rings is 1. The van der Waals surface area contributed by atoms with Crippen LogP contribution >= 0.6 is 23.1 Å². The van der Waals surface area contributed by atoms with Crippen LogP contribution < -0.4 is 9.47 Å². The van der Waals surface area contributed by atoms with Gasteiger partial charge < -0.3 is 14.4 Å². The number of fused-ring (bicyclic) bond motifs is 1. The number of carbonyl (C=O) groups excluding carboxylic acids is 1. The first-order chi connectivity index (χ1) is 14.2. The van der Waals surface area contributed by atoms with E-state index in [1.54, 1.807) is 16.0 Å². The predicted octanol–water partition coefficient (Wildman–Crippen LogP) is 4.20. The first-order valence-electron chi connectivity index (χ1n) is 9.57. The third-order valence-corrected chi connectivity index (χ3v) is 7.49. The van der Waals surface area contributed by atoms with E-state index in [9.17, 15) is 4.79 Å². The molecule has 2 aliphatic heterocycles. The zero-order valence-electron chi connectivity index (χ0n) is 16.0. The summed E-state index contributed by atoms with van der Waals surface area (Å²) in [4.78, 5) is 16.2. The Morgan fingerprint density at radius 3 is 2.93 bits per heavy atom. The molecule has 0 saturated carbocycles. The van der Waals surface area contributed by atoms with Crippen molar-refractivity contribution in [3.63, 3.8) is 0 Å². The molecule has 2 aromatic heterocycles. The molecule has 2 aliphatic rings. The molecule has 1 amide bonds. The summed E-state index contributed by atoms with van der Waals surface area (Å²) < 4.78 is 12.6. The van der Waals surface area contributed by atoms with Crippen LogP contribution in [0, 0.1) is 0 Å². The van der Waals surface area contributed by atoms with Crippen LogP contribution in [0.2, 0.25) is 0 Å². The molecule has 1 unspecified atom stereocenters. The summed E-state index contributed by atoms with van der Waals surface area (Å²) in [5.74, 6) is 2.58. The van der Waals surface area contributed by atoms with Crippen LogP contribution in [0.15, 0.2) is 41.8 Å². The fraction of sp³-hybridized carbons (Fsp3) is 0.333. The number of hydrogen-bond donors (Lipinski definition) is 0. The summed E-state index contributed by atoms with van der Waals surface area (Å²) >= 11 is 3.53. The van der Waals surface area contributed by atoms with E-state index in [0.29, 0.717) is 10.9 Å². The van der Waals surface area contributed by atoms with Crippen molar-refractivity contribution >= 4 is 29.0 Å². The second-order valence-electron chi connectivity index (χ2n) is 7.07. The van der Waals surface area contributed by atoms with Crippen molar-refractivity contribution in [1.82, 2.24) is 14.7 Å². The van der Waals surface area contributed by atoms with Crippen LogP contribution in [0.25, 0.3) is 10.6 Å². The van der Waals surface area contributed by atoms with Crippen LogP contribution in [-0.2, 0) is 7.05 Å². The van der Waals surface area contributed by atoms with Gasteiger partial charge in [-0.05, 0) is 41.6 Å². The molecule has 3 aromatic rings. The summed E-state index contributed by atoms with van der Waals surface area (Å²) in [5, 5.41) is 6.90. The zero-order chi connectivity index (χ0) is 19.8. The van der Waals surface area contributed by atoms with Gasteiger partial charge >= 0.3 is 0 Å². The van der Waals surface area contributed by atoms with E-state index in [0.717, 1.165) is 47.3 Å². The fourth-order valence-corrected chi connectivity index (χ4v) is 5.63. The van der Waals surface area contributed by atoms with Gasteiger partial charge in [-0.25, -0.2) is 0 Å². The molecule has 0 aliphatic carbocycles. The number of aryl methyl sites for hydroxylation is 1. The van der Waals surface area contributed by atoms with Crippen LogP contribution in [0.3, 0.4) is 0 Å². The predicted molar refractivity (Wildman–Crippen MR) is 115 cm³/mol. The first-order valence-corrected chi connectivity index (χ1v) is 11.5. The Morgan fingerprint density at radius 1 is 1.17 bits per heavy atom. The molecule has 150 valence electrons. The van der Waals surface area contributed by atoms with Gasteiger partial charge in [0, 0.05) is 31.1 Å². The minimum Gasteiger partial charge on any atom is -0.454 e. The van der Waals surface area contributed by atoms with Gasteiger partial charge in [0.25, 0.3) is 5.91 Å². The quantitative estimate of drug-likeness (QED) is 0.627. The number of amides is 1. The first kappa shape index (κ1) is 18.6. The molecule has 0 N–H and O–H groups in total. The average Bonchev–Trinajstić information content (AvgIpc) is 3.45. The smallest absolute Gasteiger partial charge is 0.272 e. The van der Waals surface area contributed by atoms with Gasteiger partial charge in [0.2, 0.25) is 6.79 Å². The Hall–Kier alpha value is -2.45. The third kappa shape index (κ3) is 3.62. The summed E-state index contributed by atoms with van der Waals surface area (Å²) in [6.07, 6.45) is 0.908. The normalized spacial score (nSPS) is 18.7. The number of carbonyl (C=O) groups is 1. The van der Waals surface area contributed by atoms with Crippen LogP contribution in [0.4, 0.5) is 0 Å². The second-order valence-corrected chi connectivity index (χ2v) is 9.33. The molecule has 1 fully saturated rings. The second kappa shape index (κ2) is 7.76. The highest BCUT2D eigenvalue weighted by molar-refractivity contribution is 7.99. The van der Waals surface area contributed by atoms with Crippen molar-refractivity contribution < 1.29 is 14.3 Å². The lowest BCUT2D eigenvalue weighted by Crippen LogP contribution is -2.34. The molecule has 1 saturated heterocycles. The van der Waals surface area contributed by atoms with Gasteiger partial charge in [-0.2, -0.15) is 16.9 Å². The highest BCUT2D eigenvalue weighted by Gasteiger charge is 2.26. The van der Waals surface area contributed by atoms with Crippen molar-refractivity contribution in [1.29, 1.82) is 0 Å². The topological polar surface area (TPSA) is 56.6 Å². The largest absolute Gasteiger partial charge is 0.454 e. The third-order valence-electron chi connectivity index (χ3n) is 5.27. The van der Waals surface area contributed by atoms with Crippen molar-refractivity contribution in [2.24, 2.45) is 7.05 Å². The lowest BCUT2D eigenvalue weighted by atomic mass is 10.1. The number of nitrogens with zero attached hydrogens (tertiary/aromatic N) is 3. The van der Waals surface area contributed by atoms with E-state index < -0.39 is 0 Å². The van der Waals surface area contributed by atoms with Crippen molar-refractivity contribution in [2.45, 2.75) is 11.7 Å². The number of rotatable bonds is 3. The monoisotopic (exact) mass is 427 g/mol. The maximum absolute atomic E-state index is 13.2. The molecule has 6 nitrogen and oxygen atoms in total. The molecule has 29 heavy (non-hydrogen) atoms. The number of hydrogen-bond acceptors (Lipinski definition) is 6. The fourth-order valence-electron chi connectivity index (χ4n) is 3.73.